The summed E-state index contributed by atoms with van der Waals surface area (Å²) in [5.74, 6) is 0. The second kappa shape index (κ2) is 3.10. The first-order valence-electron chi connectivity index (χ1n) is 3.83. The van der Waals surface area contributed by atoms with E-state index in [-0.39, 0.29) is 6.04 Å². The first-order valence-corrected chi connectivity index (χ1v) is 4.59. The smallest absolute Gasteiger partial charge is 0.134 e. The molecule has 1 aromatic carbocycles. The van der Waals surface area contributed by atoms with Gasteiger partial charge in [0.2, 0.25) is 0 Å². The zero-order chi connectivity index (χ0) is 9.42. The van der Waals surface area contributed by atoms with Gasteiger partial charge in [-0.25, -0.2) is 0 Å². The summed E-state index contributed by atoms with van der Waals surface area (Å²) in [5, 5.41) is 9.91. The topological polar surface area (TPSA) is 26.8 Å². The van der Waals surface area contributed by atoms with E-state index in [1.165, 1.54) is 0 Å². The molecule has 1 aliphatic rings. The predicted octanol–water partition coefficient (Wildman–Crippen LogP) is 2.71. The van der Waals surface area contributed by atoms with E-state index < -0.39 is 0 Å². The van der Waals surface area contributed by atoms with Crippen molar-refractivity contribution in [3.8, 4) is 6.07 Å². The highest BCUT2D eigenvalue weighted by Crippen LogP contribution is 2.35. The average molecular weight is 213 g/mol. The van der Waals surface area contributed by atoms with Gasteiger partial charge in [0.25, 0.3) is 0 Å². The molecule has 0 aromatic heterocycles. The molecule has 0 radical (unpaired) electrons. The van der Waals surface area contributed by atoms with Gasteiger partial charge in [0.05, 0.1) is 23.3 Å². The molecule has 1 aliphatic heterocycles. The molecule has 1 fully saturated rings. The summed E-state index contributed by atoms with van der Waals surface area (Å²) in [6, 6.07) is 7.38. The maximum Gasteiger partial charge on any atom is 0.134 e. The van der Waals surface area contributed by atoms with Crippen LogP contribution in [0.2, 0.25) is 10.0 Å². The molecule has 1 unspecified atom stereocenters. The molecule has 1 saturated heterocycles. The van der Waals surface area contributed by atoms with Gasteiger partial charge in [-0.1, -0.05) is 23.2 Å². The molecule has 1 aromatic rings. The van der Waals surface area contributed by atoms with Crippen molar-refractivity contribution >= 4 is 28.9 Å². The average Bonchev–Trinajstić information content (AvgIpc) is 2.88. The maximum atomic E-state index is 8.63. The van der Waals surface area contributed by atoms with Gasteiger partial charge in [-0.2, -0.15) is 5.26 Å². The molecule has 66 valence electrons. The Morgan fingerprint density at radius 2 is 2.23 bits per heavy atom. The van der Waals surface area contributed by atoms with Gasteiger partial charge in [0.1, 0.15) is 6.04 Å². The zero-order valence-corrected chi connectivity index (χ0v) is 8.18. The van der Waals surface area contributed by atoms with Gasteiger partial charge in [0.15, 0.2) is 0 Å². The van der Waals surface area contributed by atoms with Crippen LogP contribution in [-0.4, -0.2) is 12.6 Å². The number of hydrogen-bond donors (Lipinski definition) is 0. The Kier molecular flexibility index (Phi) is 2.07. The molecule has 0 amide bonds. The van der Waals surface area contributed by atoms with Gasteiger partial charge in [-0.15, -0.1) is 0 Å². The number of halogens is 2. The van der Waals surface area contributed by atoms with Gasteiger partial charge < -0.3 is 4.90 Å². The molecule has 0 bridgehead atoms. The lowest BCUT2D eigenvalue weighted by atomic mass is 10.3. The van der Waals surface area contributed by atoms with Gasteiger partial charge in [-0.3, -0.25) is 0 Å². The number of rotatable bonds is 1. The zero-order valence-electron chi connectivity index (χ0n) is 6.67. The van der Waals surface area contributed by atoms with Crippen LogP contribution in [0.25, 0.3) is 0 Å². The fourth-order valence-electron chi connectivity index (χ4n) is 1.22. The van der Waals surface area contributed by atoms with Crippen LogP contribution >= 0.6 is 23.2 Å². The Morgan fingerprint density at radius 3 is 2.85 bits per heavy atom. The van der Waals surface area contributed by atoms with Crippen molar-refractivity contribution < 1.29 is 0 Å². The number of anilines is 1. The molecule has 1 heterocycles. The second-order valence-electron chi connectivity index (χ2n) is 2.89. The fourth-order valence-corrected chi connectivity index (χ4v) is 1.61. The number of hydrogen-bond acceptors (Lipinski definition) is 2. The van der Waals surface area contributed by atoms with Crippen LogP contribution in [0.4, 0.5) is 5.69 Å². The van der Waals surface area contributed by atoms with Crippen LogP contribution in [0, 0.1) is 11.3 Å². The SMILES string of the molecule is N#CC1CN1c1cc(Cl)ccc1Cl. The third kappa shape index (κ3) is 1.58. The van der Waals surface area contributed by atoms with E-state index in [1.807, 2.05) is 4.90 Å². The minimum Gasteiger partial charge on any atom is -0.350 e. The lowest BCUT2D eigenvalue weighted by molar-refractivity contribution is 1.26. The summed E-state index contributed by atoms with van der Waals surface area (Å²) in [6.45, 7) is 0.747. The number of benzene rings is 1. The lowest BCUT2D eigenvalue weighted by Gasteiger charge is -2.05. The monoisotopic (exact) mass is 212 g/mol. The van der Waals surface area contributed by atoms with Crippen molar-refractivity contribution in [1.29, 1.82) is 5.26 Å². The molecule has 0 spiro atoms. The lowest BCUT2D eigenvalue weighted by Crippen LogP contribution is -1.96. The van der Waals surface area contributed by atoms with Crippen molar-refractivity contribution in [3.05, 3.63) is 28.2 Å². The Labute approximate surface area is 86.3 Å². The van der Waals surface area contributed by atoms with Gasteiger partial charge in [-0.05, 0) is 18.2 Å². The summed E-state index contributed by atoms with van der Waals surface area (Å²) < 4.78 is 0. The Balaban J connectivity index is 2.32. The fraction of sp³-hybridized carbons (Fsp3) is 0.222. The third-order valence-electron chi connectivity index (χ3n) is 1.98. The number of nitrogens with zero attached hydrogens (tertiary/aromatic N) is 2. The summed E-state index contributed by atoms with van der Waals surface area (Å²) in [4.78, 5) is 1.91. The molecule has 4 heteroatoms. The van der Waals surface area contributed by atoms with Crippen molar-refractivity contribution in [2.75, 3.05) is 11.4 Å². The van der Waals surface area contributed by atoms with Gasteiger partial charge in [0, 0.05) is 5.02 Å². The van der Waals surface area contributed by atoms with E-state index in [2.05, 4.69) is 6.07 Å². The second-order valence-corrected chi connectivity index (χ2v) is 3.74. The molecular weight excluding hydrogens is 207 g/mol. The highest BCUT2D eigenvalue weighted by Gasteiger charge is 2.35. The van der Waals surface area contributed by atoms with Crippen molar-refractivity contribution in [2.45, 2.75) is 6.04 Å². The van der Waals surface area contributed by atoms with Crippen LogP contribution in [0.3, 0.4) is 0 Å². The number of nitriles is 1. The van der Waals surface area contributed by atoms with Crippen LogP contribution < -0.4 is 4.90 Å². The molecule has 1 atom stereocenters. The van der Waals surface area contributed by atoms with Crippen molar-refractivity contribution in [3.63, 3.8) is 0 Å². The Morgan fingerprint density at radius 1 is 1.46 bits per heavy atom. The minimum absolute atomic E-state index is 0.0315. The highest BCUT2D eigenvalue weighted by atomic mass is 35.5. The molecule has 2 rings (SSSR count). The highest BCUT2D eigenvalue weighted by molar-refractivity contribution is 6.35. The van der Waals surface area contributed by atoms with Crippen molar-refractivity contribution in [2.24, 2.45) is 0 Å². The third-order valence-corrected chi connectivity index (χ3v) is 2.53. The molecule has 0 N–H and O–H groups in total. The largest absolute Gasteiger partial charge is 0.350 e. The van der Waals surface area contributed by atoms with E-state index >= 15 is 0 Å². The van der Waals surface area contributed by atoms with Crippen molar-refractivity contribution in [1.82, 2.24) is 0 Å². The van der Waals surface area contributed by atoms with Gasteiger partial charge >= 0.3 is 0 Å². The standard InChI is InChI=1S/C9H6Cl2N2/c10-6-1-2-8(11)9(3-6)13-5-7(13)4-12/h1-3,7H,5H2. The van der Waals surface area contributed by atoms with Crippen LogP contribution in [-0.2, 0) is 0 Å². The summed E-state index contributed by atoms with van der Waals surface area (Å²) in [5.41, 5.74) is 0.848. The molecule has 0 saturated carbocycles. The van der Waals surface area contributed by atoms with E-state index in [0.29, 0.717) is 10.0 Å². The first-order chi connectivity index (χ1) is 6.22. The van der Waals surface area contributed by atoms with Crippen LogP contribution in [0.1, 0.15) is 0 Å². The Bertz CT molecular complexity index is 384. The Hall–Kier alpha value is -0.910. The first kappa shape index (κ1) is 8.68. The summed E-state index contributed by atoms with van der Waals surface area (Å²) in [6.07, 6.45) is 0. The molecular formula is C9H6Cl2N2. The molecule has 0 aliphatic carbocycles. The van der Waals surface area contributed by atoms with E-state index in [9.17, 15) is 0 Å². The molecule has 13 heavy (non-hydrogen) atoms. The van der Waals surface area contributed by atoms with Crippen LogP contribution in [0.15, 0.2) is 18.2 Å². The predicted molar refractivity (Wildman–Crippen MR) is 53.2 cm³/mol. The minimum atomic E-state index is -0.0315. The normalized spacial score (nSPS) is 19.8. The summed E-state index contributed by atoms with van der Waals surface area (Å²) in [7, 11) is 0. The van der Waals surface area contributed by atoms with E-state index in [1.54, 1.807) is 18.2 Å². The quantitative estimate of drug-likeness (QED) is 0.670. The van der Waals surface area contributed by atoms with E-state index in [4.69, 9.17) is 28.5 Å². The maximum absolute atomic E-state index is 8.63. The molecule has 2 nitrogen and oxygen atoms in total. The van der Waals surface area contributed by atoms with Crippen LogP contribution in [0.5, 0.6) is 0 Å². The summed E-state index contributed by atoms with van der Waals surface area (Å²) >= 11 is 11.8. The van der Waals surface area contributed by atoms with E-state index in [0.717, 1.165) is 12.2 Å².